The van der Waals surface area contributed by atoms with Crippen LogP contribution in [0.1, 0.15) is 51.7 Å². The highest BCUT2D eigenvalue weighted by atomic mass is 16.3. The molecule has 0 aromatic heterocycles. The lowest BCUT2D eigenvalue weighted by atomic mass is 9.63. The number of nitrogens with two attached hydrogens (primary N) is 1. The van der Waals surface area contributed by atoms with E-state index in [-0.39, 0.29) is 16.6 Å². The van der Waals surface area contributed by atoms with Crippen LogP contribution in [-0.4, -0.2) is 5.11 Å². The zero-order valence-corrected chi connectivity index (χ0v) is 11.1. The van der Waals surface area contributed by atoms with Crippen LogP contribution in [0.25, 0.3) is 0 Å². The standard InChI is InChI=1S/C14H22N2O/c1-13(2)5-6-14(3,4)10-8-12(17)11(16-15)7-9(10)13/h7-8,16-17H,5-6,15H2,1-4H3. The third kappa shape index (κ3) is 1.89. The van der Waals surface area contributed by atoms with E-state index in [0.29, 0.717) is 5.69 Å². The molecule has 0 unspecified atom stereocenters. The molecule has 0 spiro atoms. The summed E-state index contributed by atoms with van der Waals surface area (Å²) in [4.78, 5) is 0. The van der Waals surface area contributed by atoms with Crippen LogP contribution >= 0.6 is 0 Å². The molecule has 1 aromatic carbocycles. The molecule has 0 heterocycles. The second kappa shape index (κ2) is 3.64. The van der Waals surface area contributed by atoms with Crippen molar-refractivity contribution in [3.05, 3.63) is 23.3 Å². The Morgan fingerprint density at radius 1 is 1.06 bits per heavy atom. The van der Waals surface area contributed by atoms with E-state index in [1.54, 1.807) is 0 Å². The van der Waals surface area contributed by atoms with Crippen LogP contribution < -0.4 is 11.3 Å². The summed E-state index contributed by atoms with van der Waals surface area (Å²) in [6.07, 6.45) is 2.30. The third-order valence-electron chi connectivity index (χ3n) is 4.12. The maximum absolute atomic E-state index is 9.93. The van der Waals surface area contributed by atoms with Gasteiger partial charge < -0.3 is 10.5 Å². The monoisotopic (exact) mass is 234 g/mol. The summed E-state index contributed by atoms with van der Waals surface area (Å²) < 4.78 is 0. The molecule has 1 aromatic rings. The molecule has 0 radical (unpaired) electrons. The fourth-order valence-corrected chi connectivity index (χ4v) is 2.72. The van der Waals surface area contributed by atoms with Crippen LogP contribution in [0.3, 0.4) is 0 Å². The Kier molecular flexibility index (Phi) is 2.62. The summed E-state index contributed by atoms with van der Waals surface area (Å²) in [7, 11) is 0. The first-order chi connectivity index (χ1) is 7.78. The molecular formula is C14H22N2O. The van der Waals surface area contributed by atoms with Gasteiger partial charge in [-0.05, 0) is 46.9 Å². The van der Waals surface area contributed by atoms with Crippen LogP contribution in [0.15, 0.2) is 12.1 Å². The van der Waals surface area contributed by atoms with Crippen molar-refractivity contribution >= 4 is 5.69 Å². The maximum atomic E-state index is 9.93. The number of phenols is 1. The first-order valence-electron chi connectivity index (χ1n) is 6.12. The molecule has 94 valence electrons. The molecular weight excluding hydrogens is 212 g/mol. The highest BCUT2D eigenvalue weighted by molar-refractivity contribution is 5.62. The summed E-state index contributed by atoms with van der Waals surface area (Å²) in [6, 6.07) is 3.86. The van der Waals surface area contributed by atoms with Crippen LogP contribution in [0, 0.1) is 0 Å². The predicted octanol–water partition coefficient (Wildman–Crippen LogP) is 3.03. The first-order valence-corrected chi connectivity index (χ1v) is 6.12. The number of aromatic hydroxyl groups is 1. The molecule has 0 saturated carbocycles. The largest absolute Gasteiger partial charge is 0.506 e. The van der Waals surface area contributed by atoms with Gasteiger partial charge in [0.2, 0.25) is 0 Å². The molecule has 1 aliphatic rings. The number of nitrogens with one attached hydrogen (secondary N) is 1. The van der Waals surface area contributed by atoms with Crippen molar-refractivity contribution in [3.8, 4) is 5.75 Å². The number of hydrazine groups is 1. The average Bonchev–Trinajstić information content (AvgIpc) is 2.24. The van der Waals surface area contributed by atoms with Crippen molar-refractivity contribution in [1.82, 2.24) is 0 Å². The van der Waals surface area contributed by atoms with Crippen molar-refractivity contribution in [3.63, 3.8) is 0 Å². The van der Waals surface area contributed by atoms with Gasteiger partial charge in [-0.3, -0.25) is 5.84 Å². The summed E-state index contributed by atoms with van der Waals surface area (Å²) >= 11 is 0. The summed E-state index contributed by atoms with van der Waals surface area (Å²) in [5.41, 5.74) is 5.96. The Labute approximate surface area is 103 Å². The van der Waals surface area contributed by atoms with E-state index in [9.17, 15) is 5.11 Å². The van der Waals surface area contributed by atoms with Gasteiger partial charge in [-0.1, -0.05) is 27.7 Å². The van der Waals surface area contributed by atoms with Crippen LogP contribution in [0.4, 0.5) is 5.69 Å². The van der Waals surface area contributed by atoms with Crippen molar-refractivity contribution < 1.29 is 5.11 Å². The van der Waals surface area contributed by atoms with Gasteiger partial charge in [-0.2, -0.15) is 0 Å². The molecule has 0 saturated heterocycles. The maximum Gasteiger partial charge on any atom is 0.140 e. The normalized spacial score (nSPS) is 20.8. The fourth-order valence-electron chi connectivity index (χ4n) is 2.72. The third-order valence-corrected chi connectivity index (χ3v) is 4.12. The second-order valence-corrected chi connectivity index (χ2v) is 6.33. The Hall–Kier alpha value is -1.22. The second-order valence-electron chi connectivity index (χ2n) is 6.33. The van der Waals surface area contributed by atoms with E-state index in [2.05, 4.69) is 33.1 Å². The minimum atomic E-state index is 0.120. The summed E-state index contributed by atoms with van der Waals surface area (Å²) in [5.74, 6) is 5.66. The van der Waals surface area contributed by atoms with Crippen LogP contribution in [0.5, 0.6) is 5.75 Å². The van der Waals surface area contributed by atoms with Gasteiger partial charge in [0.25, 0.3) is 0 Å². The van der Waals surface area contributed by atoms with E-state index in [1.165, 1.54) is 11.1 Å². The molecule has 17 heavy (non-hydrogen) atoms. The van der Waals surface area contributed by atoms with Gasteiger partial charge >= 0.3 is 0 Å². The van der Waals surface area contributed by atoms with E-state index < -0.39 is 0 Å². The molecule has 3 heteroatoms. The number of fused-ring (bicyclic) bond motifs is 1. The first kappa shape index (κ1) is 12.2. The smallest absolute Gasteiger partial charge is 0.140 e. The van der Waals surface area contributed by atoms with Crippen LogP contribution in [0.2, 0.25) is 0 Å². The highest BCUT2D eigenvalue weighted by Crippen LogP contribution is 2.48. The van der Waals surface area contributed by atoms with Gasteiger partial charge in [-0.25, -0.2) is 0 Å². The topological polar surface area (TPSA) is 58.3 Å². The molecule has 0 bridgehead atoms. The van der Waals surface area contributed by atoms with E-state index in [4.69, 9.17) is 5.84 Å². The number of hydrogen-bond acceptors (Lipinski definition) is 3. The van der Waals surface area contributed by atoms with Gasteiger partial charge in [0.1, 0.15) is 5.75 Å². The van der Waals surface area contributed by atoms with Gasteiger partial charge in [0.05, 0.1) is 5.69 Å². The molecule has 0 atom stereocenters. The lowest BCUT2D eigenvalue weighted by Gasteiger charge is -2.42. The van der Waals surface area contributed by atoms with Crippen molar-refractivity contribution in [2.45, 2.75) is 51.4 Å². The van der Waals surface area contributed by atoms with Crippen LogP contribution in [-0.2, 0) is 10.8 Å². The lowest BCUT2D eigenvalue weighted by molar-refractivity contribution is 0.330. The molecule has 3 nitrogen and oxygen atoms in total. The SMILES string of the molecule is CC1(C)CCC(C)(C)c2cc(NN)c(O)cc21. The number of rotatable bonds is 1. The van der Waals surface area contributed by atoms with Gasteiger partial charge in [-0.15, -0.1) is 0 Å². The lowest BCUT2D eigenvalue weighted by Crippen LogP contribution is -2.34. The van der Waals surface area contributed by atoms with Crippen molar-refractivity contribution in [2.75, 3.05) is 5.43 Å². The number of phenolic OH excluding ortho intramolecular Hbond substituents is 1. The Morgan fingerprint density at radius 3 is 2.00 bits per heavy atom. The molecule has 0 fully saturated rings. The molecule has 4 N–H and O–H groups in total. The fraction of sp³-hybridized carbons (Fsp3) is 0.571. The molecule has 0 aliphatic heterocycles. The number of nitrogen functional groups attached to an aromatic ring is 1. The van der Waals surface area contributed by atoms with E-state index in [0.717, 1.165) is 12.8 Å². The predicted molar refractivity (Wildman–Crippen MR) is 71.2 cm³/mol. The Balaban J connectivity index is 2.68. The van der Waals surface area contributed by atoms with Crippen molar-refractivity contribution in [1.29, 1.82) is 0 Å². The highest BCUT2D eigenvalue weighted by Gasteiger charge is 2.37. The van der Waals surface area contributed by atoms with Gasteiger partial charge in [0, 0.05) is 0 Å². The number of hydrogen-bond donors (Lipinski definition) is 3. The molecule has 0 amide bonds. The zero-order valence-electron chi connectivity index (χ0n) is 11.1. The van der Waals surface area contributed by atoms with E-state index in [1.807, 2.05) is 12.1 Å². The quantitative estimate of drug-likeness (QED) is 0.398. The summed E-state index contributed by atoms with van der Waals surface area (Å²) in [5, 5.41) is 9.93. The van der Waals surface area contributed by atoms with Gasteiger partial charge in [0.15, 0.2) is 0 Å². The number of benzene rings is 1. The summed E-state index contributed by atoms with van der Waals surface area (Å²) in [6.45, 7) is 8.96. The minimum absolute atomic E-state index is 0.120. The van der Waals surface area contributed by atoms with E-state index >= 15 is 0 Å². The Morgan fingerprint density at radius 2 is 1.53 bits per heavy atom. The number of anilines is 1. The van der Waals surface area contributed by atoms with Crippen molar-refractivity contribution in [2.24, 2.45) is 5.84 Å². The molecule has 2 rings (SSSR count). The Bertz CT molecular complexity index is 450. The average molecular weight is 234 g/mol. The minimum Gasteiger partial charge on any atom is -0.506 e. The molecule has 1 aliphatic carbocycles. The zero-order chi connectivity index (χ0) is 12.8.